The van der Waals surface area contributed by atoms with Gasteiger partial charge < -0.3 is 19.4 Å². The van der Waals surface area contributed by atoms with Crippen LogP contribution in [-0.4, -0.2) is 22.1 Å². The van der Waals surface area contributed by atoms with E-state index in [4.69, 9.17) is 8.94 Å². The minimum Gasteiger partial charge on any atom is -0.477 e. The van der Waals surface area contributed by atoms with E-state index < -0.39 is 23.7 Å². The van der Waals surface area contributed by atoms with Gasteiger partial charge in [0.1, 0.15) is 28.6 Å². The summed E-state index contributed by atoms with van der Waals surface area (Å²) in [6.45, 7) is 4.97. The Labute approximate surface area is 153 Å². The molecule has 140 valence electrons. The Morgan fingerprint density at radius 3 is 2.44 bits per heavy atom. The lowest BCUT2D eigenvalue weighted by Crippen LogP contribution is -2.27. The molecule has 3 aromatic rings. The molecule has 0 spiro atoms. The smallest absolute Gasteiger partial charge is 0.341 e. The molecule has 1 amide bonds. The highest BCUT2D eigenvalue weighted by atomic mass is 19.1. The molecule has 0 saturated carbocycles. The lowest BCUT2D eigenvalue weighted by Gasteiger charge is -2.11. The number of aromatic carboxylic acids is 1. The Morgan fingerprint density at radius 2 is 1.89 bits per heavy atom. The van der Waals surface area contributed by atoms with Crippen LogP contribution in [0.3, 0.4) is 0 Å². The van der Waals surface area contributed by atoms with Crippen LogP contribution < -0.4 is 5.32 Å². The molecule has 2 heterocycles. The van der Waals surface area contributed by atoms with Crippen LogP contribution in [0, 0.1) is 19.7 Å². The van der Waals surface area contributed by atoms with Gasteiger partial charge in [0.05, 0.1) is 11.6 Å². The molecule has 2 N–H and O–H groups in total. The number of aromatic nitrogens is 1. The Morgan fingerprint density at radius 1 is 1.22 bits per heavy atom. The number of rotatable bonds is 5. The van der Waals surface area contributed by atoms with Crippen LogP contribution in [0.25, 0.3) is 11.3 Å². The standard InChI is InChI=1S/C19H17FN2O5/c1-9-8-14(11(3)26-9)18(23)21-10(2)17-15(19(24)25)16(22-27-17)12-4-6-13(20)7-5-12/h4-8,10H,1-3H3,(H,21,23)(H,24,25). The quantitative estimate of drug-likeness (QED) is 0.704. The molecule has 27 heavy (non-hydrogen) atoms. The Balaban J connectivity index is 1.92. The molecule has 2 aromatic heterocycles. The second kappa shape index (κ2) is 7.06. The number of carboxylic acids is 1. The van der Waals surface area contributed by atoms with Crippen LogP contribution in [0.1, 0.15) is 51.0 Å². The lowest BCUT2D eigenvalue weighted by molar-refractivity contribution is 0.0692. The van der Waals surface area contributed by atoms with Crippen molar-refractivity contribution in [3.8, 4) is 11.3 Å². The highest BCUT2D eigenvalue weighted by Crippen LogP contribution is 2.29. The van der Waals surface area contributed by atoms with Crippen molar-refractivity contribution in [2.45, 2.75) is 26.8 Å². The van der Waals surface area contributed by atoms with Crippen LogP contribution in [0.15, 0.2) is 39.3 Å². The minimum atomic E-state index is -1.26. The van der Waals surface area contributed by atoms with Crippen LogP contribution in [0.2, 0.25) is 0 Å². The second-order valence-electron chi connectivity index (χ2n) is 6.10. The molecule has 8 heteroatoms. The number of aryl methyl sites for hydroxylation is 2. The van der Waals surface area contributed by atoms with E-state index in [-0.39, 0.29) is 17.0 Å². The van der Waals surface area contributed by atoms with E-state index in [9.17, 15) is 19.1 Å². The van der Waals surface area contributed by atoms with Crippen LogP contribution in [0.5, 0.6) is 0 Å². The molecule has 3 rings (SSSR count). The van der Waals surface area contributed by atoms with Crippen molar-refractivity contribution in [3.05, 3.63) is 64.6 Å². The fourth-order valence-corrected chi connectivity index (χ4v) is 2.81. The van der Waals surface area contributed by atoms with Gasteiger partial charge in [-0.3, -0.25) is 4.79 Å². The predicted octanol–water partition coefficient (Wildman–Crippen LogP) is 3.88. The number of carbonyl (C=O) groups excluding carboxylic acids is 1. The molecule has 0 bridgehead atoms. The van der Waals surface area contributed by atoms with Crippen molar-refractivity contribution in [2.24, 2.45) is 0 Å². The Bertz CT molecular complexity index is 1000. The summed E-state index contributed by atoms with van der Waals surface area (Å²) in [5, 5.41) is 16.1. The first-order valence-electron chi connectivity index (χ1n) is 8.14. The van der Waals surface area contributed by atoms with Crippen molar-refractivity contribution in [1.82, 2.24) is 10.5 Å². The van der Waals surface area contributed by atoms with E-state index in [1.807, 2.05) is 0 Å². The van der Waals surface area contributed by atoms with Gasteiger partial charge in [0.2, 0.25) is 0 Å². The van der Waals surface area contributed by atoms with E-state index in [1.165, 1.54) is 24.3 Å². The third-order valence-corrected chi connectivity index (χ3v) is 4.08. The number of nitrogens with zero attached hydrogens (tertiary/aromatic N) is 1. The number of hydrogen-bond donors (Lipinski definition) is 2. The monoisotopic (exact) mass is 372 g/mol. The molecule has 1 unspecified atom stereocenters. The summed E-state index contributed by atoms with van der Waals surface area (Å²) in [5.41, 5.74) is 0.626. The fourth-order valence-electron chi connectivity index (χ4n) is 2.81. The summed E-state index contributed by atoms with van der Waals surface area (Å²) < 4.78 is 23.7. The van der Waals surface area contributed by atoms with Crippen molar-refractivity contribution >= 4 is 11.9 Å². The van der Waals surface area contributed by atoms with Crippen molar-refractivity contribution in [1.29, 1.82) is 0 Å². The first-order valence-corrected chi connectivity index (χ1v) is 8.14. The topological polar surface area (TPSA) is 106 Å². The van der Waals surface area contributed by atoms with Crippen molar-refractivity contribution in [2.75, 3.05) is 0 Å². The Kier molecular flexibility index (Phi) is 4.81. The summed E-state index contributed by atoms with van der Waals surface area (Å²) in [6, 6.07) is 6.04. The van der Waals surface area contributed by atoms with E-state index in [0.717, 1.165) is 0 Å². The van der Waals surface area contributed by atoms with E-state index in [0.29, 0.717) is 22.6 Å². The first kappa shape index (κ1) is 18.4. The zero-order valence-electron chi connectivity index (χ0n) is 14.9. The summed E-state index contributed by atoms with van der Waals surface area (Å²) in [7, 11) is 0. The molecule has 7 nitrogen and oxygen atoms in total. The number of amides is 1. The SMILES string of the molecule is Cc1cc(C(=O)NC(C)c2onc(-c3ccc(F)cc3)c2C(=O)O)c(C)o1. The third-order valence-electron chi connectivity index (χ3n) is 4.08. The molecular weight excluding hydrogens is 355 g/mol. The third kappa shape index (κ3) is 3.59. The van der Waals surface area contributed by atoms with Crippen LogP contribution in [-0.2, 0) is 0 Å². The van der Waals surface area contributed by atoms with Crippen molar-refractivity contribution < 1.29 is 28.0 Å². The molecule has 1 aromatic carbocycles. The van der Waals surface area contributed by atoms with Gasteiger partial charge in [-0.2, -0.15) is 0 Å². The molecule has 1 atom stereocenters. The minimum absolute atomic E-state index is 0.00644. The number of halogens is 1. The molecule has 0 aliphatic carbocycles. The van der Waals surface area contributed by atoms with Crippen LogP contribution >= 0.6 is 0 Å². The summed E-state index contributed by atoms with van der Waals surface area (Å²) in [4.78, 5) is 24.2. The highest BCUT2D eigenvalue weighted by molar-refractivity contribution is 5.97. The number of carbonyl (C=O) groups is 2. The van der Waals surface area contributed by atoms with E-state index in [1.54, 1.807) is 26.8 Å². The molecule has 0 aliphatic heterocycles. The van der Waals surface area contributed by atoms with E-state index >= 15 is 0 Å². The molecule has 0 radical (unpaired) electrons. The number of benzene rings is 1. The molecular formula is C19H17FN2O5. The van der Waals surface area contributed by atoms with Crippen LogP contribution in [0.4, 0.5) is 4.39 Å². The van der Waals surface area contributed by atoms with Gasteiger partial charge in [0.15, 0.2) is 5.76 Å². The second-order valence-corrected chi connectivity index (χ2v) is 6.10. The first-order chi connectivity index (χ1) is 12.8. The van der Waals surface area contributed by atoms with Gasteiger partial charge >= 0.3 is 5.97 Å². The lowest BCUT2D eigenvalue weighted by atomic mass is 10.0. The number of hydrogen-bond acceptors (Lipinski definition) is 5. The van der Waals surface area contributed by atoms with E-state index in [2.05, 4.69) is 10.5 Å². The Hall–Kier alpha value is -3.42. The maximum Gasteiger partial charge on any atom is 0.341 e. The fraction of sp³-hybridized carbons (Fsp3) is 0.211. The van der Waals surface area contributed by atoms with Gasteiger partial charge in [-0.25, -0.2) is 9.18 Å². The maximum absolute atomic E-state index is 13.1. The van der Waals surface area contributed by atoms with Gasteiger partial charge in [0, 0.05) is 5.56 Å². The number of furan rings is 1. The number of nitrogens with one attached hydrogen (secondary N) is 1. The summed E-state index contributed by atoms with van der Waals surface area (Å²) in [5.74, 6) is -1.09. The highest BCUT2D eigenvalue weighted by Gasteiger charge is 2.28. The van der Waals surface area contributed by atoms with Gasteiger partial charge in [-0.15, -0.1) is 0 Å². The van der Waals surface area contributed by atoms with Gasteiger partial charge in [-0.05, 0) is 51.1 Å². The average molecular weight is 372 g/mol. The molecule has 0 fully saturated rings. The molecule has 0 saturated heterocycles. The zero-order chi connectivity index (χ0) is 19.7. The zero-order valence-corrected chi connectivity index (χ0v) is 14.9. The average Bonchev–Trinajstić information content (AvgIpc) is 3.19. The number of carboxylic acid groups (broad SMARTS) is 1. The normalized spacial score (nSPS) is 12.0. The largest absolute Gasteiger partial charge is 0.477 e. The summed E-state index contributed by atoms with van der Waals surface area (Å²) in [6.07, 6.45) is 0. The van der Waals surface area contributed by atoms with Crippen molar-refractivity contribution in [3.63, 3.8) is 0 Å². The summed E-state index contributed by atoms with van der Waals surface area (Å²) >= 11 is 0. The van der Waals surface area contributed by atoms with Gasteiger partial charge in [0.25, 0.3) is 5.91 Å². The molecule has 0 aliphatic rings. The van der Waals surface area contributed by atoms with Gasteiger partial charge in [-0.1, -0.05) is 5.16 Å². The maximum atomic E-state index is 13.1. The predicted molar refractivity (Wildman–Crippen MR) is 92.9 cm³/mol.